The molecule has 1 fully saturated rings. The van der Waals surface area contributed by atoms with Gasteiger partial charge >= 0.3 is 6.09 Å². The lowest BCUT2D eigenvalue weighted by atomic mass is 10.2. The molecule has 11 heteroatoms. The van der Waals surface area contributed by atoms with Crippen LogP contribution in [0.2, 0.25) is 0 Å². The average Bonchev–Trinajstić information content (AvgIpc) is 2.72. The van der Waals surface area contributed by atoms with E-state index in [0.717, 1.165) is 12.1 Å². The number of piperazine rings is 1. The van der Waals surface area contributed by atoms with Crippen LogP contribution in [0.5, 0.6) is 0 Å². The van der Waals surface area contributed by atoms with Crippen LogP contribution in [0, 0.1) is 17.5 Å². The Morgan fingerprint density at radius 3 is 2.34 bits per heavy atom. The second kappa shape index (κ2) is 10.5. The molecule has 2 N–H and O–H groups in total. The summed E-state index contributed by atoms with van der Waals surface area (Å²) < 4.78 is 44.9. The fraction of sp³-hybridized carbons (Fsp3) is 0.500. The predicted octanol–water partition coefficient (Wildman–Crippen LogP) is 1.78. The highest BCUT2D eigenvalue weighted by atomic mass is 19.2. The summed E-state index contributed by atoms with van der Waals surface area (Å²) in [7, 11) is 0. The number of nitrogens with one attached hydrogen (secondary N) is 2. The Labute approximate surface area is 166 Å². The fourth-order valence-corrected chi connectivity index (χ4v) is 2.70. The molecule has 1 aliphatic rings. The van der Waals surface area contributed by atoms with Crippen LogP contribution in [-0.2, 0) is 9.53 Å². The van der Waals surface area contributed by atoms with Crippen molar-refractivity contribution in [2.24, 2.45) is 4.99 Å². The summed E-state index contributed by atoms with van der Waals surface area (Å²) in [5, 5.41) is 5.22. The van der Waals surface area contributed by atoms with Gasteiger partial charge in [0.15, 0.2) is 23.4 Å². The van der Waals surface area contributed by atoms with Gasteiger partial charge < -0.3 is 25.2 Å². The lowest BCUT2D eigenvalue weighted by Crippen LogP contribution is -2.54. The minimum atomic E-state index is -1.65. The van der Waals surface area contributed by atoms with Gasteiger partial charge in [0.1, 0.15) is 6.54 Å². The molecule has 0 spiro atoms. The second-order valence-corrected chi connectivity index (χ2v) is 6.11. The van der Waals surface area contributed by atoms with Crippen LogP contribution in [0.25, 0.3) is 0 Å². The quantitative estimate of drug-likeness (QED) is 0.435. The van der Waals surface area contributed by atoms with E-state index in [1.165, 1.54) is 0 Å². The van der Waals surface area contributed by atoms with Crippen LogP contribution in [-0.4, -0.2) is 73.6 Å². The molecule has 0 bridgehead atoms. The fourth-order valence-electron chi connectivity index (χ4n) is 2.70. The minimum absolute atomic E-state index is 0.302. The zero-order valence-electron chi connectivity index (χ0n) is 16.3. The Morgan fingerprint density at radius 1 is 1.07 bits per heavy atom. The first-order valence-corrected chi connectivity index (χ1v) is 9.25. The van der Waals surface area contributed by atoms with E-state index >= 15 is 0 Å². The summed E-state index contributed by atoms with van der Waals surface area (Å²) in [5.74, 6) is -4.69. The Kier molecular flexibility index (Phi) is 8.10. The third-order valence-electron chi connectivity index (χ3n) is 4.12. The first kappa shape index (κ1) is 22.3. The first-order valence-electron chi connectivity index (χ1n) is 9.25. The largest absolute Gasteiger partial charge is 0.450 e. The van der Waals surface area contributed by atoms with Gasteiger partial charge in [-0.05, 0) is 26.0 Å². The number of benzene rings is 1. The molecule has 2 amide bonds. The van der Waals surface area contributed by atoms with Crippen LogP contribution in [0.15, 0.2) is 17.1 Å². The molecule has 29 heavy (non-hydrogen) atoms. The summed E-state index contributed by atoms with van der Waals surface area (Å²) in [6.45, 7) is 5.97. The van der Waals surface area contributed by atoms with Gasteiger partial charge in [0.2, 0.25) is 5.91 Å². The molecule has 160 valence electrons. The molecule has 0 saturated carbocycles. The third kappa shape index (κ3) is 6.00. The maximum atomic E-state index is 13.7. The van der Waals surface area contributed by atoms with Gasteiger partial charge in [0, 0.05) is 32.7 Å². The van der Waals surface area contributed by atoms with Crippen LogP contribution >= 0.6 is 0 Å². The van der Waals surface area contributed by atoms with Crippen molar-refractivity contribution in [3.63, 3.8) is 0 Å². The SMILES string of the molecule is CCNC(=NCC(=O)Nc1ccc(F)c(F)c1F)N1CCN(C(=O)OCC)CC1. The van der Waals surface area contributed by atoms with Crippen LogP contribution in [0.3, 0.4) is 0 Å². The van der Waals surface area contributed by atoms with E-state index in [1.54, 1.807) is 11.8 Å². The van der Waals surface area contributed by atoms with Crippen molar-refractivity contribution >= 4 is 23.6 Å². The Bertz CT molecular complexity index is 767. The maximum Gasteiger partial charge on any atom is 0.409 e. The number of hydrogen-bond donors (Lipinski definition) is 2. The number of amides is 2. The van der Waals surface area contributed by atoms with Crippen molar-refractivity contribution in [2.45, 2.75) is 13.8 Å². The van der Waals surface area contributed by atoms with E-state index in [4.69, 9.17) is 4.74 Å². The summed E-state index contributed by atoms with van der Waals surface area (Å²) in [6.07, 6.45) is -0.373. The normalized spacial score (nSPS) is 14.6. The van der Waals surface area contributed by atoms with Gasteiger partial charge in [-0.25, -0.2) is 23.0 Å². The van der Waals surface area contributed by atoms with Gasteiger partial charge in [0.05, 0.1) is 12.3 Å². The number of nitrogens with zero attached hydrogens (tertiary/aromatic N) is 3. The Balaban J connectivity index is 1.96. The van der Waals surface area contributed by atoms with Gasteiger partial charge in [-0.15, -0.1) is 0 Å². The van der Waals surface area contributed by atoms with Crippen molar-refractivity contribution in [1.29, 1.82) is 0 Å². The van der Waals surface area contributed by atoms with Crippen LogP contribution < -0.4 is 10.6 Å². The van der Waals surface area contributed by atoms with Gasteiger partial charge in [-0.1, -0.05) is 0 Å². The number of guanidine groups is 1. The summed E-state index contributed by atoms with van der Waals surface area (Å²) in [5.41, 5.74) is -0.461. The van der Waals surface area contributed by atoms with E-state index in [-0.39, 0.29) is 12.6 Å². The Hall–Kier alpha value is -2.98. The molecular weight excluding hydrogens is 391 g/mol. The average molecular weight is 415 g/mol. The lowest BCUT2D eigenvalue weighted by Gasteiger charge is -2.35. The highest BCUT2D eigenvalue weighted by molar-refractivity contribution is 5.94. The standard InChI is InChI=1S/C18H24F3N5O3/c1-3-22-17(25-7-9-26(10-8-25)18(28)29-4-2)23-11-14(27)24-13-6-5-12(19)15(20)16(13)21/h5-6H,3-4,7-11H2,1-2H3,(H,22,23)(H,24,27). The molecule has 1 aliphatic heterocycles. The van der Waals surface area contributed by atoms with Crippen molar-refractivity contribution in [2.75, 3.05) is 51.2 Å². The van der Waals surface area contributed by atoms with E-state index in [1.807, 2.05) is 11.8 Å². The summed E-state index contributed by atoms with van der Waals surface area (Å²) in [6, 6.07) is 1.67. The monoisotopic (exact) mass is 415 g/mol. The number of carbonyl (C=O) groups is 2. The summed E-state index contributed by atoms with van der Waals surface area (Å²) >= 11 is 0. The van der Waals surface area contributed by atoms with E-state index in [9.17, 15) is 22.8 Å². The van der Waals surface area contributed by atoms with Gasteiger partial charge in [-0.3, -0.25) is 4.79 Å². The minimum Gasteiger partial charge on any atom is -0.450 e. The molecule has 0 atom stereocenters. The molecule has 1 saturated heterocycles. The molecular formula is C18H24F3N5O3. The molecule has 1 heterocycles. The molecule has 1 aromatic rings. The topological polar surface area (TPSA) is 86.3 Å². The van der Waals surface area contributed by atoms with Crippen LogP contribution in [0.1, 0.15) is 13.8 Å². The van der Waals surface area contributed by atoms with Gasteiger partial charge in [-0.2, -0.15) is 0 Å². The number of ether oxygens (including phenoxy) is 1. The van der Waals surface area contributed by atoms with Crippen molar-refractivity contribution in [3.05, 3.63) is 29.6 Å². The van der Waals surface area contributed by atoms with E-state index in [0.29, 0.717) is 45.3 Å². The smallest absolute Gasteiger partial charge is 0.409 e. The number of hydrogen-bond acceptors (Lipinski definition) is 4. The number of halogens is 3. The number of anilines is 1. The van der Waals surface area contributed by atoms with Gasteiger partial charge in [0.25, 0.3) is 0 Å². The predicted molar refractivity (Wildman–Crippen MR) is 101 cm³/mol. The molecule has 0 aliphatic carbocycles. The third-order valence-corrected chi connectivity index (χ3v) is 4.12. The highest BCUT2D eigenvalue weighted by Crippen LogP contribution is 2.19. The molecule has 0 unspecified atom stereocenters. The Morgan fingerprint density at radius 2 is 1.72 bits per heavy atom. The van der Waals surface area contributed by atoms with Crippen molar-refractivity contribution in [3.8, 4) is 0 Å². The molecule has 0 radical (unpaired) electrons. The van der Waals surface area contributed by atoms with Crippen molar-refractivity contribution in [1.82, 2.24) is 15.1 Å². The maximum absolute atomic E-state index is 13.7. The zero-order valence-corrected chi connectivity index (χ0v) is 16.3. The van der Waals surface area contributed by atoms with E-state index in [2.05, 4.69) is 15.6 Å². The van der Waals surface area contributed by atoms with E-state index < -0.39 is 29.0 Å². The summed E-state index contributed by atoms with van der Waals surface area (Å²) in [4.78, 5) is 31.5. The van der Waals surface area contributed by atoms with Crippen molar-refractivity contribution < 1.29 is 27.5 Å². The molecule has 8 nitrogen and oxygen atoms in total. The number of aliphatic imine (C=N–C) groups is 1. The lowest BCUT2D eigenvalue weighted by molar-refractivity contribution is -0.114. The zero-order chi connectivity index (χ0) is 21.4. The second-order valence-electron chi connectivity index (χ2n) is 6.11. The number of carbonyl (C=O) groups excluding carboxylic acids is 2. The molecule has 2 rings (SSSR count). The number of rotatable bonds is 5. The molecule has 1 aromatic carbocycles. The highest BCUT2D eigenvalue weighted by Gasteiger charge is 2.24. The molecule has 0 aromatic heterocycles. The van der Waals surface area contributed by atoms with Crippen LogP contribution in [0.4, 0.5) is 23.7 Å². The first-order chi connectivity index (χ1) is 13.9.